The summed E-state index contributed by atoms with van der Waals surface area (Å²) in [5.74, 6) is 0.957. The van der Waals surface area contributed by atoms with Gasteiger partial charge in [-0.3, -0.25) is 4.68 Å². The fourth-order valence-electron chi connectivity index (χ4n) is 3.39. The minimum absolute atomic E-state index is 0.00707. The number of aryl methyl sites for hydroxylation is 2. The van der Waals surface area contributed by atoms with Crippen molar-refractivity contribution in [3.63, 3.8) is 0 Å². The van der Waals surface area contributed by atoms with Gasteiger partial charge in [-0.05, 0) is 18.2 Å². The summed E-state index contributed by atoms with van der Waals surface area (Å²) in [5.41, 5.74) is 11.4. The zero-order valence-electron chi connectivity index (χ0n) is 14.4. The van der Waals surface area contributed by atoms with Crippen molar-refractivity contribution in [1.29, 1.82) is 0 Å². The summed E-state index contributed by atoms with van der Waals surface area (Å²) >= 11 is 0. The summed E-state index contributed by atoms with van der Waals surface area (Å²) in [4.78, 5) is 4.82. The maximum atomic E-state index is 6.15. The van der Waals surface area contributed by atoms with E-state index in [0.29, 0.717) is 6.54 Å². The molecule has 0 saturated heterocycles. The average molecular weight is 331 g/mol. The number of nitrogens with zero attached hydrogens (tertiary/aromatic N) is 4. The van der Waals surface area contributed by atoms with Gasteiger partial charge in [-0.15, -0.1) is 0 Å². The Hall–Kier alpha value is -2.92. The molecule has 0 amide bonds. The molecule has 4 rings (SSSR count). The van der Waals surface area contributed by atoms with Crippen LogP contribution in [0.25, 0.3) is 22.3 Å². The number of fused-ring (bicyclic) bond motifs is 1. The molecule has 0 saturated carbocycles. The van der Waals surface area contributed by atoms with E-state index in [4.69, 9.17) is 10.7 Å². The maximum absolute atomic E-state index is 6.15. The van der Waals surface area contributed by atoms with Crippen molar-refractivity contribution in [2.45, 2.75) is 5.92 Å². The number of aromatic nitrogens is 4. The summed E-state index contributed by atoms with van der Waals surface area (Å²) in [6.07, 6.45) is 0. The van der Waals surface area contributed by atoms with Gasteiger partial charge < -0.3 is 10.3 Å². The third-order valence-corrected chi connectivity index (χ3v) is 4.71. The van der Waals surface area contributed by atoms with Crippen LogP contribution in [0.4, 0.5) is 0 Å². The van der Waals surface area contributed by atoms with Crippen LogP contribution < -0.4 is 5.73 Å². The standard InChI is InChI=1S/C20H21N5/c1-24-18-11-7-6-10-16(18)22-20(24)15(13-21)19-12-17(23-25(19)2)14-8-4-3-5-9-14/h3-12,15H,13,21H2,1-2H3. The lowest BCUT2D eigenvalue weighted by Crippen LogP contribution is -2.20. The van der Waals surface area contributed by atoms with E-state index in [-0.39, 0.29) is 5.92 Å². The van der Waals surface area contributed by atoms with Crippen molar-refractivity contribution < 1.29 is 0 Å². The lowest BCUT2D eigenvalue weighted by Gasteiger charge is -2.15. The van der Waals surface area contributed by atoms with Gasteiger partial charge in [0.15, 0.2) is 0 Å². The van der Waals surface area contributed by atoms with Crippen molar-refractivity contribution in [1.82, 2.24) is 19.3 Å². The fraction of sp³-hybridized carbons (Fsp3) is 0.200. The van der Waals surface area contributed by atoms with E-state index in [9.17, 15) is 0 Å². The number of hydrogen-bond donors (Lipinski definition) is 1. The number of imidazole rings is 1. The number of para-hydroxylation sites is 2. The summed E-state index contributed by atoms with van der Waals surface area (Å²) in [7, 11) is 4.01. The Bertz CT molecular complexity index is 1010. The minimum atomic E-state index is -0.00707. The van der Waals surface area contributed by atoms with E-state index < -0.39 is 0 Å². The molecule has 2 heterocycles. The predicted molar refractivity (Wildman–Crippen MR) is 100 cm³/mol. The molecule has 126 valence electrons. The van der Waals surface area contributed by atoms with Crippen molar-refractivity contribution in [2.75, 3.05) is 6.54 Å². The zero-order valence-corrected chi connectivity index (χ0v) is 14.4. The SMILES string of the molecule is Cn1nc(-c2ccccc2)cc1C(CN)c1nc2ccccc2n1C. The van der Waals surface area contributed by atoms with Gasteiger partial charge in [0.25, 0.3) is 0 Å². The monoisotopic (exact) mass is 331 g/mol. The van der Waals surface area contributed by atoms with Crippen LogP contribution in [0.1, 0.15) is 17.4 Å². The van der Waals surface area contributed by atoms with Gasteiger partial charge in [0.1, 0.15) is 5.82 Å². The van der Waals surface area contributed by atoms with Crippen molar-refractivity contribution in [3.8, 4) is 11.3 Å². The molecule has 0 aliphatic rings. The molecule has 0 spiro atoms. The van der Waals surface area contributed by atoms with Crippen LogP contribution in [0.2, 0.25) is 0 Å². The van der Waals surface area contributed by atoms with E-state index in [1.807, 2.05) is 55.2 Å². The fourth-order valence-corrected chi connectivity index (χ4v) is 3.39. The Morgan fingerprint density at radius 1 is 1.00 bits per heavy atom. The van der Waals surface area contributed by atoms with Gasteiger partial charge in [-0.1, -0.05) is 42.5 Å². The molecule has 2 N–H and O–H groups in total. The molecule has 0 aliphatic carbocycles. The molecule has 4 aromatic rings. The largest absolute Gasteiger partial charge is 0.331 e. The van der Waals surface area contributed by atoms with Crippen molar-refractivity contribution >= 4 is 11.0 Å². The molecule has 0 bridgehead atoms. The van der Waals surface area contributed by atoms with E-state index in [2.05, 4.69) is 33.9 Å². The van der Waals surface area contributed by atoms with Gasteiger partial charge in [-0.2, -0.15) is 5.10 Å². The van der Waals surface area contributed by atoms with Gasteiger partial charge in [-0.25, -0.2) is 4.98 Å². The van der Waals surface area contributed by atoms with E-state index in [1.54, 1.807) is 0 Å². The Morgan fingerprint density at radius 2 is 1.72 bits per heavy atom. The average Bonchev–Trinajstić information content (AvgIpc) is 3.19. The molecular formula is C20H21N5. The molecule has 0 fully saturated rings. The van der Waals surface area contributed by atoms with Crippen LogP contribution in [0.15, 0.2) is 60.7 Å². The highest BCUT2D eigenvalue weighted by atomic mass is 15.3. The first-order valence-electron chi connectivity index (χ1n) is 8.40. The Labute approximate surface area is 146 Å². The first-order chi connectivity index (χ1) is 12.2. The van der Waals surface area contributed by atoms with E-state index >= 15 is 0 Å². The van der Waals surface area contributed by atoms with E-state index in [1.165, 1.54) is 0 Å². The molecule has 0 aliphatic heterocycles. The minimum Gasteiger partial charge on any atom is -0.331 e. The third-order valence-electron chi connectivity index (χ3n) is 4.71. The molecule has 1 atom stereocenters. The van der Waals surface area contributed by atoms with Crippen molar-refractivity contribution in [3.05, 3.63) is 72.2 Å². The number of hydrogen-bond acceptors (Lipinski definition) is 3. The number of benzene rings is 2. The topological polar surface area (TPSA) is 61.7 Å². The molecule has 5 nitrogen and oxygen atoms in total. The second kappa shape index (κ2) is 6.18. The molecule has 5 heteroatoms. The normalized spacial score (nSPS) is 12.6. The Kier molecular flexibility index (Phi) is 3.86. The molecule has 2 aromatic carbocycles. The van der Waals surface area contributed by atoms with Crippen LogP contribution in [0.3, 0.4) is 0 Å². The lowest BCUT2D eigenvalue weighted by molar-refractivity contribution is 0.626. The van der Waals surface area contributed by atoms with Crippen LogP contribution in [-0.4, -0.2) is 25.9 Å². The van der Waals surface area contributed by atoms with Gasteiger partial charge in [0.2, 0.25) is 0 Å². The smallest absolute Gasteiger partial charge is 0.120 e. The quantitative estimate of drug-likeness (QED) is 0.625. The Balaban J connectivity index is 1.81. The number of nitrogens with two attached hydrogens (primary N) is 1. The van der Waals surface area contributed by atoms with Crippen LogP contribution >= 0.6 is 0 Å². The second-order valence-corrected chi connectivity index (χ2v) is 6.25. The van der Waals surface area contributed by atoms with Crippen molar-refractivity contribution in [2.24, 2.45) is 19.8 Å². The summed E-state index contributed by atoms with van der Waals surface area (Å²) in [6, 6.07) is 20.5. The van der Waals surface area contributed by atoms with Crippen LogP contribution in [0, 0.1) is 0 Å². The maximum Gasteiger partial charge on any atom is 0.120 e. The zero-order chi connectivity index (χ0) is 17.4. The van der Waals surface area contributed by atoms with E-state index in [0.717, 1.165) is 33.8 Å². The van der Waals surface area contributed by atoms with Crippen LogP contribution in [-0.2, 0) is 14.1 Å². The van der Waals surface area contributed by atoms with Gasteiger partial charge in [0, 0.05) is 26.2 Å². The van der Waals surface area contributed by atoms with Gasteiger partial charge in [0.05, 0.1) is 28.3 Å². The highest BCUT2D eigenvalue weighted by Crippen LogP contribution is 2.28. The summed E-state index contributed by atoms with van der Waals surface area (Å²) in [5, 5.41) is 4.68. The highest BCUT2D eigenvalue weighted by molar-refractivity contribution is 5.76. The molecule has 0 radical (unpaired) electrons. The Morgan fingerprint density at radius 3 is 2.44 bits per heavy atom. The molecule has 25 heavy (non-hydrogen) atoms. The number of rotatable bonds is 4. The third kappa shape index (κ3) is 2.62. The molecular weight excluding hydrogens is 310 g/mol. The highest BCUT2D eigenvalue weighted by Gasteiger charge is 2.23. The predicted octanol–water partition coefficient (Wildman–Crippen LogP) is 3.06. The molecule has 1 unspecified atom stereocenters. The summed E-state index contributed by atoms with van der Waals surface area (Å²) in [6.45, 7) is 0.477. The summed E-state index contributed by atoms with van der Waals surface area (Å²) < 4.78 is 4.04. The molecule has 2 aromatic heterocycles. The first-order valence-corrected chi connectivity index (χ1v) is 8.40. The first kappa shape index (κ1) is 15.6. The second-order valence-electron chi connectivity index (χ2n) is 6.25. The lowest BCUT2D eigenvalue weighted by atomic mass is 10.0. The van der Waals surface area contributed by atoms with Crippen LogP contribution in [0.5, 0.6) is 0 Å². The van der Waals surface area contributed by atoms with Gasteiger partial charge >= 0.3 is 0 Å².